The summed E-state index contributed by atoms with van der Waals surface area (Å²) in [4.78, 5) is 3.87. The van der Waals surface area contributed by atoms with Crippen LogP contribution in [0.2, 0.25) is 0 Å². The maximum Gasteiger partial charge on any atom is 0.513 e. The second-order valence-corrected chi connectivity index (χ2v) is 3.76. The predicted octanol–water partition coefficient (Wildman–Crippen LogP) is 2.72. The van der Waals surface area contributed by atoms with Crippen LogP contribution in [0, 0.1) is 0 Å². The van der Waals surface area contributed by atoms with Gasteiger partial charge in [0.2, 0.25) is 0 Å². The van der Waals surface area contributed by atoms with Crippen molar-refractivity contribution in [1.29, 1.82) is 0 Å². The summed E-state index contributed by atoms with van der Waals surface area (Å²) < 4.78 is 43.4. The average molecular weight is 252 g/mol. The average Bonchev–Trinajstić information content (AvgIpc) is 2.37. The number of para-hydroxylation sites is 1. The first kappa shape index (κ1) is 12.5. The highest BCUT2D eigenvalue weighted by molar-refractivity contribution is 6.74. The highest BCUT2D eigenvalue weighted by Gasteiger charge is 2.28. The number of aromatic nitrogens is 1. The molecule has 0 saturated heterocycles. The second-order valence-electron chi connectivity index (χ2n) is 3.76. The maximum absolute atomic E-state index is 12.7. The molecule has 0 N–H and O–H groups in total. The van der Waals surface area contributed by atoms with Gasteiger partial charge in [0, 0.05) is 18.0 Å². The molecule has 0 unspecified atom stereocenters. The van der Waals surface area contributed by atoms with Crippen LogP contribution in [-0.4, -0.2) is 12.0 Å². The Morgan fingerprint density at radius 1 is 1.06 bits per heavy atom. The Kier molecular flexibility index (Phi) is 3.55. The molecule has 1 heterocycles. The van der Waals surface area contributed by atoms with Crippen LogP contribution >= 0.6 is 0 Å². The number of hydrogen-bond acceptors (Lipinski definition) is 2. The smallest absolute Gasteiger partial charge is 0.492 e. The molecule has 2 rings (SSSR count). The molecule has 2 aromatic rings. The van der Waals surface area contributed by atoms with Gasteiger partial charge in [0.05, 0.1) is 5.75 Å². The molecule has 0 amide bonds. The normalized spacial score (nSPS) is 11.3. The van der Waals surface area contributed by atoms with Gasteiger partial charge in [-0.15, -0.1) is 0 Å². The molecule has 1 aromatic heterocycles. The number of rotatable bonds is 4. The van der Waals surface area contributed by atoms with Crippen LogP contribution in [0.5, 0.6) is 5.75 Å². The molecule has 0 atom stereocenters. The van der Waals surface area contributed by atoms with E-state index < -0.39 is 12.4 Å². The van der Waals surface area contributed by atoms with Crippen molar-refractivity contribution in [3.63, 3.8) is 0 Å². The van der Waals surface area contributed by atoms with E-state index in [4.69, 9.17) is 4.74 Å². The van der Waals surface area contributed by atoms with Gasteiger partial charge in [-0.2, -0.15) is 0 Å². The molecule has 18 heavy (non-hydrogen) atoms. The van der Waals surface area contributed by atoms with Crippen molar-refractivity contribution in [1.82, 2.24) is 4.98 Å². The number of pyridine rings is 1. The van der Waals surface area contributed by atoms with Gasteiger partial charge in [0.25, 0.3) is 0 Å². The summed E-state index contributed by atoms with van der Waals surface area (Å²) in [6.45, 7) is -5.00. The van der Waals surface area contributed by atoms with Gasteiger partial charge < -0.3 is 17.7 Å². The molecule has 6 heteroatoms. The van der Waals surface area contributed by atoms with E-state index in [0.717, 1.165) is 11.6 Å². The van der Waals surface area contributed by atoms with Crippen LogP contribution in [0.15, 0.2) is 48.8 Å². The lowest BCUT2D eigenvalue weighted by molar-refractivity contribution is 0.306. The molecule has 0 radical (unpaired) electrons. The topological polar surface area (TPSA) is 22.1 Å². The number of ether oxygens (including phenoxy) is 1. The molecule has 0 spiro atoms. The van der Waals surface area contributed by atoms with E-state index in [2.05, 4.69) is 4.98 Å². The molecular weight excluding hydrogens is 242 g/mol. The van der Waals surface area contributed by atoms with E-state index in [1.54, 1.807) is 24.5 Å². The Balaban J connectivity index is 2.15. The molecule has 0 bridgehead atoms. The third-order valence-corrected chi connectivity index (χ3v) is 2.39. The monoisotopic (exact) mass is 252 g/mol. The maximum atomic E-state index is 12.7. The summed E-state index contributed by atoms with van der Waals surface area (Å²) in [6, 6.07) is 8.66. The summed E-state index contributed by atoms with van der Waals surface area (Å²) >= 11 is 0. The summed E-state index contributed by atoms with van der Waals surface area (Å²) in [5, 5.41) is 0. The number of nitrogens with zero attached hydrogens (tertiary/aromatic N) is 1. The first-order valence-corrected chi connectivity index (χ1v) is 5.38. The quantitative estimate of drug-likeness (QED) is 0.780. The van der Waals surface area contributed by atoms with Gasteiger partial charge in [-0.3, -0.25) is 4.98 Å². The molecule has 1 aromatic carbocycles. The molecule has 2 nitrogen and oxygen atoms in total. The zero-order valence-corrected chi connectivity index (χ0v) is 9.39. The number of hydrogen-bond donors (Lipinski definition) is 0. The summed E-state index contributed by atoms with van der Waals surface area (Å²) in [5.74, 6) is -0.145. The van der Waals surface area contributed by atoms with Crippen molar-refractivity contribution in [2.75, 3.05) is 0 Å². The van der Waals surface area contributed by atoms with Crippen molar-refractivity contribution in [3.8, 4) is 5.75 Å². The molecular formula is C12H10BF3NO-. The molecule has 0 aliphatic rings. The SMILES string of the molecule is F[B-](F)(F)c1ccccc1OCc1cccnc1. The van der Waals surface area contributed by atoms with E-state index in [9.17, 15) is 12.9 Å². The van der Waals surface area contributed by atoms with Crippen molar-refractivity contribution >= 4 is 12.4 Å². The Morgan fingerprint density at radius 2 is 1.83 bits per heavy atom. The highest BCUT2D eigenvalue weighted by atomic mass is 19.4. The van der Waals surface area contributed by atoms with Crippen molar-refractivity contribution in [2.24, 2.45) is 0 Å². The Bertz CT molecular complexity index is 516. The molecule has 0 fully saturated rings. The standard InChI is InChI=1S/C12H10BF3NO/c14-13(15,16)11-5-1-2-6-12(11)18-9-10-4-3-7-17-8-10/h1-8H,9H2/q-1. The van der Waals surface area contributed by atoms with Crippen LogP contribution in [0.1, 0.15) is 5.56 Å². The van der Waals surface area contributed by atoms with E-state index in [-0.39, 0.29) is 12.4 Å². The fourth-order valence-electron chi connectivity index (χ4n) is 1.53. The van der Waals surface area contributed by atoms with E-state index in [0.29, 0.717) is 0 Å². The Hall–Kier alpha value is -1.98. The minimum Gasteiger partial charge on any atom is -0.492 e. The third kappa shape index (κ3) is 3.03. The van der Waals surface area contributed by atoms with Gasteiger partial charge in [0.15, 0.2) is 0 Å². The molecule has 0 saturated carbocycles. The summed E-state index contributed by atoms with van der Waals surface area (Å²) in [7, 11) is 0. The zero-order chi connectivity index (χ0) is 13.0. The lowest BCUT2D eigenvalue weighted by atomic mass is 9.79. The van der Waals surface area contributed by atoms with Crippen molar-refractivity contribution < 1.29 is 17.7 Å². The largest absolute Gasteiger partial charge is 0.513 e. The van der Waals surface area contributed by atoms with E-state index in [1.165, 1.54) is 18.2 Å². The zero-order valence-electron chi connectivity index (χ0n) is 9.39. The summed E-state index contributed by atoms with van der Waals surface area (Å²) in [6.07, 6.45) is 3.15. The molecule has 0 aliphatic carbocycles. The van der Waals surface area contributed by atoms with Gasteiger partial charge in [0.1, 0.15) is 6.61 Å². The van der Waals surface area contributed by atoms with Crippen molar-refractivity contribution in [2.45, 2.75) is 6.61 Å². The van der Waals surface area contributed by atoms with Crippen LogP contribution in [0.25, 0.3) is 0 Å². The van der Waals surface area contributed by atoms with Gasteiger partial charge in [-0.05, 0) is 12.1 Å². The van der Waals surface area contributed by atoms with Crippen LogP contribution in [-0.2, 0) is 6.61 Å². The van der Waals surface area contributed by atoms with Gasteiger partial charge in [-0.25, -0.2) is 0 Å². The minimum absolute atomic E-state index is 0.0665. The lowest BCUT2D eigenvalue weighted by Crippen LogP contribution is -2.35. The predicted molar refractivity (Wildman–Crippen MR) is 63.7 cm³/mol. The number of benzene rings is 1. The lowest BCUT2D eigenvalue weighted by Gasteiger charge is -2.19. The Labute approximate surface area is 102 Å². The van der Waals surface area contributed by atoms with Crippen LogP contribution < -0.4 is 10.2 Å². The number of halogens is 3. The van der Waals surface area contributed by atoms with E-state index in [1.807, 2.05) is 0 Å². The first-order chi connectivity index (χ1) is 8.57. The van der Waals surface area contributed by atoms with Crippen molar-refractivity contribution in [3.05, 3.63) is 54.4 Å². The molecule has 94 valence electrons. The fourth-order valence-corrected chi connectivity index (χ4v) is 1.53. The van der Waals surface area contributed by atoms with E-state index >= 15 is 0 Å². The third-order valence-electron chi connectivity index (χ3n) is 2.39. The fraction of sp³-hybridized carbons (Fsp3) is 0.0833. The first-order valence-electron chi connectivity index (χ1n) is 5.38. The second kappa shape index (κ2) is 5.12. The van der Waals surface area contributed by atoms with Gasteiger partial charge >= 0.3 is 6.98 Å². The summed E-state index contributed by atoms with van der Waals surface area (Å²) in [5.41, 5.74) is 0.0170. The van der Waals surface area contributed by atoms with Gasteiger partial charge in [-0.1, -0.05) is 29.7 Å². The molecule has 0 aliphatic heterocycles. The Morgan fingerprint density at radius 3 is 2.50 bits per heavy atom. The minimum atomic E-state index is -5.06. The highest BCUT2D eigenvalue weighted by Crippen LogP contribution is 2.18. The van der Waals surface area contributed by atoms with Crippen LogP contribution in [0.4, 0.5) is 12.9 Å². The van der Waals surface area contributed by atoms with Crippen LogP contribution in [0.3, 0.4) is 0 Å².